The zero-order valence-corrected chi connectivity index (χ0v) is 23.6. The van der Waals surface area contributed by atoms with E-state index in [9.17, 15) is 9.59 Å². The van der Waals surface area contributed by atoms with Crippen LogP contribution in [0.25, 0.3) is 0 Å². The van der Waals surface area contributed by atoms with Gasteiger partial charge in [-0.2, -0.15) is 0 Å². The largest absolute Gasteiger partial charge is 0.462 e. The van der Waals surface area contributed by atoms with Gasteiger partial charge in [-0.3, -0.25) is 4.79 Å². The molecule has 0 N–H and O–H groups in total. The highest BCUT2D eigenvalue weighted by atomic mass is 35.5. The van der Waals surface area contributed by atoms with Crippen molar-refractivity contribution in [2.24, 2.45) is 5.16 Å². The molecule has 2 heterocycles. The predicted molar refractivity (Wildman–Crippen MR) is 155 cm³/mol. The molecule has 0 aliphatic carbocycles. The Hall–Kier alpha value is -3.38. The van der Waals surface area contributed by atoms with E-state index < -0.39 is 5.97 Å². The van der Waals surface area contributed by atoms with Gasteiger partial charge in [-0.05, 0) is 80.2 Å². The molecule has 2 aliphatic heterocycles. The number of benzene rings is 2. The van der Waals surface area contributed by atoms with Gasteiger partial charge in [0.1, 0.15) is 0 Å². The second-order valence-electron chi connectivity index (χ2n) is 10.2. The van der Waals surface area contributed by atoms with Crippen molar-refractivity contribution >= 4 is 29.2 Å². The third-order valence-corrected chi connectivity index (χ3v) is 7.81. The Bertz CT molecular complexity index is 1240. The van der Waals surface area contributed by atoms with Gasteiger partial charge in [-0.15, -0.1) is 0 Å². The first kappa shape index (κ1) is 28.6. The lowest BCUT2D eigenvalue weighted by atomic mass is 9.89. The Morgan fingerprint density at radius 1 is 1.05 bits per heavy atom. The van der Waals surface area contributed by atoms with Gasteiger partial charge < -0.3 is 14.5 Å². The van der Waals surface area contributed by atoms with Crippen molar-refractivity contribution in [3.63, 3.8) is 0 Å². The summed E-state index contributed by atoms with van der Waals surface area (Å²) >= 11 is 6.71. The van der Waals surface area contributed by atoms with Crippen molar-refractivity contribution < 1.29 is 19.2 Å². The van der Waals surface area contributed by atoms with Crippen LogP contribution in [0, 0.1) is 13.8 Å². The van der Waals surface area contributed by atoms with E-state index in [4.69, 9.17) is 21.2 Å². The molecule has 2 aromatic carbocycles. The molecule has 0 aromatic heterocycles. The summed E-state index contributed by atoms with van der Waals surface area (Å²) in [5.41, 5.74) is 4.73. The van der Waals surface area contributed by atoms with Crippen LogP contribution < -0.4 is 0 Å². The van der Waals surface area contributed by atoms with Crippen molar-refractivity contribution in [2.45, 2.75) is 58.3 Å². The Labute approximate surface area is 236 Å². The third-order valence-electron chi connectivity index (χ3n) is 7.29. The molecule has 0 atom stereocenters. The molecule has 0 spiro atoms. The molecule has 2 aliphatic rings. The average Bonchev–Trinajstić information content (AvgIpc) is 2.94. The number of esters is 1. The highest BCUT2D eigenvalue weighted by Gasteiger charge is 2.24. The number of allylic oxidation sites excluding steroid dienone is 3. The summed E-state index contributed by atoms with van der Waals surface area (Å²) in [6.07, 6.45) is 12.5. The molecule has 1 saturated heterocycles. The molecule has 1 amide bonds. The Morgan fingerprint density at radius 2 is 1.77 bits per heavy atom. The van der Waals surface area contributed by atoms with Gasteiger partial charge in [0.15, 0.2) is 6.61 Å². The van der Waals surface area contributed by atoms with Gasteiger partial charge in [0.2, 0.25) is 0 Å². The second kappa shape index (κ2) is 14.1. The zero-order valence-electron chi connectivity index (χ0n) is 22.8. The minimum absolute atomic E-state index is 0.0745. The fourth-order valence-electron chi connectivity index (χ4n) is 5.19. The summed E-state index contributed by atoms with van der Waals surface area (Å²) in [4.78, 5) is 33.3. The number of cyclic esters (lactones) is 1. The summed E-state index contributed by atoms with van der Waals surface area (Å²) in [6, 6.07) is 12.4. The van der Waals surface area contributed by atoms with Gasteiger partial charge in [-0.25, -0.2) is 4.79 Å². The van der Waals surface area contributed by atoms with Crippen molar-refractivity contribution in [3.8, 4) is 0 Å². The second-order valence-corrected chi connectivity index (χ2v) is 10.5. The number of likely N-dealkylation sites (tertiary alicyclic amines) is 1. The first-order valence-corrected chi connectivity index (χ1v) is 14.1. The number of hydrogen-bond donors (Lipinski definition) is 0. The molecule has 0 radical (unpaired) electrons. The fraction of sp³-hybridized carbons (Fsp3) is 0.406. The standard InChI is InChI=1S/C32H37ClN2O4/c1-23-20-24(2)31(33)28-21-27(14-10-5-3-4-6-11-19-38-32(37)30(23)28)34-39-22-29(36)35-17-15-26(16-18-35)25-12-8-7-9-13-25/h4,6-10,12-14,20,26H,3,5,11,15-19,21-22H2,1-2H3/b6-4+,14-10+,34-27-. The van der Waals surface area contributed by atoms with Crippen LogP contribution in [0.15, 0.2) is 65.9 Å². The van der Waals surface area contributed by atoms with Gasteiger partial charge >= 0.3 is 5.97 Å². The van der Waals surface area contributed by atoms with E-state index in [1.807, 2.05) is 49.1 Å². The first-order valence-electron chi connectivity index (χ1n) is 13.7. The van der Waals surface area contributed by atoms with Gasteiger partial charge in [0.25, 0.3) is 5.91 Å². The lowest BCUT2D eigenvalue weighted by Gasteiger charge is -2.32. The van der Waals surface area contributed by atoms with E-state index in [0.717, 1.165) is 36.8 Å². The number of nitrogens with zero attached hydrogens (tertiary/aromatic N) is 2. The number of halogens is 1. The van der Waals surface area contributed by atoms with E-state index in [1.165, 1.54) is 5.56 Å². The highest BCUT2D eigenvalue weighted by Crippen LogP contribution is 2.30. The number of oxime groups is 1. The van der Waals surface area contributed by atoms with Crippen LogP contribution in [-0.2, 0) is 20.8 Å². The lowest BCUT2D eigenvalue weighted by Crippen LogP contribution is -2.39. The fourth-order valence-corrected chi connectivity index (χ4v) is 5.40. The molecule has 39 heavy (non-hydrogen) atoms. The molecule has 1 fully saturated rings. The number of aryl methyl sites for hydroxylation is 2. The number of fused-ring (bicyclic) bond motifs is 1. The monoisotopic (exact) mass is 548 g/mol. The highest BCUT2D eigenvalue weighted by molar-refractivity contribution is 6.33. The molecular formula is C32H37ClN2O4. The molecule has 206 valence electrons. The zero-order chi connectivity index (χ0) is 27.6. The Balaban J connectivity index is 1.46. The van der Waals surface area contributed by atoms with Crippen LogP contribution in [-0.4, -0.2) is 48.8 Å². The average molecular weight is 549 g/mol. The van der Waals surface area contributed by atoms with Crippen molar-refractivity contribution in [3.05, 3.63) is 93.5 Å². The number of carbonyl (C=O) groups is 2. The smallest absolute Gasteiger partial charge is 0.338 e. The number of amides is 1. The molecule has 6 nitrogen and oxygen atoms in total. The summed E-state index contributed by atoms with van der Waals surface area (Å²) < 4.78 is 5.55. The van der Waals surface area contributed by atoms with Crippen LogP contribution in [0.3, 0.4) is 0 Å². The summed E-state index contributed by atoms with van der Waals surface area (Å²) in [7, 11) is 0. The Morgan fingerprint density at radius 3 is 2.54 bits per heavy atom. The third kappa shape index (κ3) is 7.82. The summed E-state index contributed by atoms with van der Waals surface area (Å²) in [5, 5.41) is 4.84. The van der Waals surface area contributed by atoms with Crippen molar-refractivity contribution in [1.29, 1.82) is 0 Å². The molecule has 0 bridgehead atoms. The van der Waals surface area contributed by atoms with Crippen LogP contribution in [0.5, 0.6) is 0 Å². The van der Waals surface area contributed by atoms with Crippen LogP contribution in [0.4, 0.5) is 0 Å². The van der Waals surface area contributed by atoms with E-state index in [-0.39, 0.29) is 18.9 Å². The molecule has 0 unspecified atom stereocenters. The SMILES string of the molecule is Cc1cc(C)c2c(c1Cl)CC(=N\OCC(=O)N1CCC(c3ccccc3)CC1)/C=C/CC/C=C/CCOC2=O. The minimum Gasteiger partial charge on any atom is -0.462 e. The maximum absolute atomic E-state index is 13.0. The van der Waals surface area contributed by atoms with E-state index in [0.29, 0.717) is 53.9 Å². The molecule has 2 aromatic rings. The van der Waals surface area contributed by atoms with E-state index in [1.54, 1.807) is 0 Å². The lowest BCUT2D eigenvalue weighted by molar-refractivity contribution is -0.137. The van der Waals surface area contributed by atoms with Gasteiger partial charge in [0.05, 0.1) is 17.9 Å². The number of carbonyl (C=O) groups excluding carboxylic acids is 2. The number of hydrogen-bond acceptors (Lipinski definition) is 5. The maximum Gasteiger partial charge on any atom is 0.338 e. The maximum atomic E-state index is 13.0. The normalized spacial score (nSPS) is 20.0. The van der Waals surface area contributed by atoms with Gasteiger partial charge in [0, 0.05) is 24.5 Å². The molecule has 0 saturated carbocycles. The van der Waals surface area contributed by atoms with Crippen LogP contribution in [0.1, 0.15) is 70.6 Å². The molecule has 4 rings (SSSR count). The van der Waals surface area contributed by atoms with Crippen LogP contribution >= 0.6 is 11.6 Å². The first-order chi connectivity index (χ1) is 18.9. The number of ether oxygens (including phenoxy) is 1. The van der Waals surface area contributed by atoms with E-state index in [2.05, 4.69) is 35.5 Å². The summed E-state index contributed by atoms with van der Waals surface area (Å²) in [6.45, 7) is 5.38. The molecule has 7 heteroatoms. The quantitative estimate of drug-likeness (QED) is 0.241. The number of piperidine rings is 1. The van der Waals surface area contributed by atoms with Crippen molar-refractivity contribution in [1.82, 2.24) is 4.90 Å². The number of rotatable bonds is 4. The van der Waals surface area contributed by atoms with E-state index >= 15 is 0 Å². The Kier molecular flexibility index (Phi) is 10.4. The minimum atomic E-state index is -0.395. The predicted octanol–water partition coefficient (Wildman–Crippen LogP) is 6.73. The molecular weight excluding hydrogens is 512 g/mol. The summed E-state index contributed by atoms with van der Waals surface area (Å²) in [5.74, 6) is 0.00675. The topological polar surface area (TPSA) is 68.2 Å². The van der Waals surface area contributed by atoms with Crippen molar-refractivity contribution in [2.75, 3.05) is 26.3 Å². The van der Waals surface area contributed by atoms with Crippen LogP contribution in [0.2, 0.25) is 5.02 Å². The van der Waals surface area contributed by atoms with Gasteiger partial charge in [-0.1, -0.05) is 71.4 Å².